The zero-order valence-corrected chi connectivity index (χ0v) is 14.0. The highest BCUT2D eigenvalue weighted by atomic mass is 32.2. The number of thioether (sulfide) groups is 1. The number of ether oxygens (including phenoxy) is 2. The van der Waals surface area contributed by atoms with Crippen molar-refractivity contribution in [2.75, 3.05) is 6.61 Å². The van der Waals surface area contributed by atoms with Crippen LogP contribution in [0.3, 0.4) is 0 Å². The minimum Gasteiger partial charge on any atom is -0.465 e. The maximum atomic E-state index is 13.7. The second kappa shape index (κ2) is 5.26. The number of halogens is 3. The molecule has 2 bridgehead atoms. The number of alkyl halides is 3. The van der Waals surface area contributed by atoms with Crippen LogP contribution in [0.25, 0.3) is 0 Å². The van der Waals surface area contributed by atoms with E-state index in [1.54, 1.807) is 26.8 Å². The Bertz CT molecular complexity index is 711. The molecule has 0 saturated carbocycles. The van der Waals surface area contributed by atoms with Crippen LogP contribution in [0, 0.1) is 13.8 Å². The van der Waals surface area contributed by atoms with Gasteiger partial charge in [0, 0.05) is 12.1 Å². The summed E-state index contributed by atoms with van der Waals surface area (Å²) in [5.74, 6) is -1.18. The molecule has 2 aliphatic heterocycles. The number of aryl methyl sites for hydroxylation is 2. The summed E-state index contributed by atoms with van der Waals surface area (Å²) in [7, 11) is 0. The normalized spacial score (nSPS) is 31.4. The molecule has 0 aromatic carbocycles. The summed E-state index contributed by atoms with van der Waals surface area (Å²) < 4.78 is 51.1. The fraction of sp³-hybridized carbons (Fsp3) is 0.600. The third kappa shape index (κ3) is 2.28. The quantitative estimate of drug-likeness (QED) is 0.815. The summed E-state index contributed by atoms with van der Waals surface area (Å²) in [5, 5.41) is 9.65. The summed E-state index contributed by atoms with van der Waals surface area (Å²) in [4.78, 5) is 13.5. The molecule has 1 aromatic rings. The zero-order valence-electron chi connectivity index (χ0n) is 13.2. The van der Waals surface area contributed by atoms with Gasteiger partial charge in [-0.3, -0.25) is 4.79 Å². The van der Waals surface area contributed by atoms with Crippen molar-refractivity contribution < 1.29 is 32.5 Å². The average Bonchev–Trinajstić information content (AvgIpc) is 2.67. The molecule has 0 radical (unpaired) electrons. The van der Waals surface area contributed by atoms with Gasteiger partial charge >= 0.3 is 12.1 Å². The highest BCUT2D eigenvalue weighted by Crippen LogP contribution is 2.64. The van der Waals surface area contributed by atoms with Crippen LogP contribution in [0.5, 0.6) is 5.88 Å². The highest BCUT2D eigenvalue weighted by molar-refractivity contribution is 8.02. The van der Waals surface area contributed by atoms with E-state index >= 15 is 0 Å². The van der Waals surface area contributed by atoms with Gasteiger partial charge in [0.05, 0.1) is 12.2 Å². The third-order valence-electron chi connectivity index (χ3n) is 4.18. The second-order valence-electron chi connectivity index (χ2n) is 5.96. The number of aliphatic hydroxyl groups is 1. The number of hydrogen-bond donors (Lipinski definition) is 1. The van der Waals surface area contributed by atoms with Crippen LogP contribution in [0.15, 0.2) is 6.07 Å². The van der Waals surface area contributed by atoms with Gasteiger partial charge in [-0.15, -0.1) is 0 Å². The minimum absolute atomic E-state index is 0.00381. The van der Waals surface area contributed by atoms with Crippen LogP contribution in [0.2, 0.25) is 0 Å². The van der Waals surface area contributed by atoms with Crippen molar-refractivity contribution in [2.45, 2.75) is 49.2 Å². The maximum absolute atomic E-state index is 13.7. The predicted octanol–water partition coefficient (Wildman–Crippen LogP) is 2.61. The van der Waals surface area contributed by atoms with Crippen LogP contribution in [0.4, 0.5) is 13.2 Å². The third-order valence-corrected chi connectivity index (χ3v) is 5.84. The van der Waals surface area contributed by atoms with Crippen molar-refractivity contribution >= 4 is 17.7 Å². The first-order chi connectivity index (χ1) is 11.0. The molecule has 9 heteroatoms. The van der Waals surface area contributed by atoms with Crippen LogP contribution < -0.4 is 4.74 Å². The summed E-state index contributed by atoms with van der Waals surface area (Å²) >= 11 is 0.242. The first kappa shape index (κ1) is 17.3. The molecule has 24 heavy (non-hydrogen) atoms. The number of carbonyl (C=O) groups is 1. The first-order valence-electron chi connectivity index (χ1n) is 7.35. The largest absolute Gasteiger partial charge is 0.465 e. The number of pyridine rings is 1. The van der Waals surface area contributed by atoms with Crippen molar-refractivity contribution in [1.29, 1.82) is 0 Å². The Labute approximate surface area is 140 Å². The molecule has 3 atom stereocenters. The molecule has 1 aromatic heterocycles. The van der Waals surface area contributed by atoms with E-state index in [1.165, 1.54) is 0 Å². The van der Waals surface area contributed by atoms with E-state index in [0.717, 1.165) is 0 Å². The van der Waals surface area contributed by atoms with E-state index in [-0.39, 0.29) is 29.8 Å². The Balaban J connectivity index is 2.21. The molecule has 0 amide bonds. The average molecular weight is 363 g/mol. The van der Waals surface area contributed by atoms with Crippen molar-refractivity contribution in [3.8, 4) is 5.88 Å². The Hall–Kier alpha value is -1.48. The molecule has 1 N–H and O–H groups in total. The molecule has 0 aliphatic carbocycles. The topological polar surface area (TPSA) is 68.7 Å². The van der Waals surface area contributed by atoms with Crippen LogP contribution in [-0.2, 0) is 15.1 Å². The molecule has 1 fully saturated rings. The standard InChI is InChI=1S/C15H16F3NO4S/c1-4-22-12(20)10-13(21)6-14(24-10,15(16,17)18)23-11-9(13)7(2)5-8(3)19-11/h5,10,21H,4,6H2,1-3H3/t10-,13+,14-/m0/s1. The van der Waals surface area contributed by atoms with Crippen molar-refractivity contribution in [3.63, 3.8) is 0 Å². The van der Waals surface area contributed by atoms with Gasteiger partial charge < -0.3 is 14.6 Å². The number of fused-ring (bicyclic) bond motifs is 4. The van der Waals surface area contributed by atoms with E-state index in [4.69, 9.17) is 9.47 Å². The molecule has 132 valence electrons. The van der Waals surface area contributed by atoms with Crippen LogP contribution >= 0.6 is 11.8 Å². The maximum Gasteiger partial charge on any atom is 0.438 e. The summed E-state index contributed by atoms with van der Waals surface area (Å²) in [6, 6.07) is 1.63. The van der Waals surface area contributed by atoms with Gasteiger partial charge in [0.1, 0.15) is 10.9 Å². The number of nitrogens with zero attached hydrogens (tertiary/aromatic N) is 1. The summed E-state index contributed by atoms with van der Waals surface area (Å²) in [5.41, 5.74) is -0.945. The lowest BCUT2D eigenvalue weighted by Gasteiger charge is -2.38. The molecular weight excluding hydrogens is 347 g/mol. The van der Waals surface area contributed by atoms with Crippen molar-refractivity contribution in [3.05, 3.63) is 22.9 Å². The predicted molar refractivity (Wildman–Crippen MR) is 79.7 cm³/mol. The van der Waals surface area contributed by atoms with Gasteiger partial charge in [-0.05, 0) is 32.4 Å². The van der Waals surface area contributed by atoms with Gasteiger partial charge in [-0.25, -0.2) is 4.98 Å². The Morgan fingerprint density at radius 2 is 2.21 bits per heavy atom. The lowest BCUT2D eigenvalue weighted by molar-refractivity contribution is -0.228. The van der Waals surface area contributed by atoms with E-state index in [9.17, 15) is 23.1 Å². The number of rotatable bonds is 2. The molecule has 2 aliphatic rings. The number of carbonyl (C=O) groups excluding carboxylic acids is 1. The SMILES string of the molecule is CCOC(=O)[C@@H]1S[C@]2(C(F)(F)F)C[C@@]1(O)c1c(C)cc(C)nc1O2. The van der Waals surface area contributed by atoms with Gasteiger partial charge in [0.15, 0.2) is 0 Å². The van der Waals surface area contributed by atoms with Crippen molar-refractivity contribution in [1.82, 2.24) is 4.98 Å². The van der Waals surface area contributed by atoms with Gasteiger partial charge in [0.2, 0.25) is 5.88 Å². The number of hydrogen-bond acceptors (Lipinski definition) is 6. The van der Waals surface area contributed by atoms with Crippen LogP contribution in [-0.4, -0.2) is 39.0 Å². The first-order valence-corrected chi connectivity index (χ1v) is 8.23. The molecule has 5 nitrogen and oxygen atoms in total. The molecule has 0 spiro atoms. The lowest BCUT2D eigenvalue weighted by atomic mass is 9.81. The fourth-order valence-electron chi connectivity index (χ4n) is 3.30. The monoisotopic (exact) mass is 363 g/mol. The Kier molecular flexibility index (Phi) is 3.80. The fourth-order valence-corrected chi connectivity index (χ4v) is 4.81. The van der Waals surface area contributed by atoms with Crippen LogP contribution in [0.1, 0.15) is 30.2 Å². The summed E-state index contributed by atoms with van der Waals surface area (Å²) in [6.07, 6.45) is -5.57. The van der Waals surface area contributed by atoms with Crippen molar-refractivity contribution in [2.24, 2.45) is 0 Å². The number of esters is 1. The zero-order chi connectivity index (χ0) is 17.9. The molecule has 3 rings (SSSR count). The second-order valence-corrected chi connectivity index (χ2v) is 7.33. The minimum atomic E-state index is -4.79. The van der Waals surface area contributed by atoms with Gasteiger partial charge in [-0.2, -0.15) is 13.2 Å². The smallest absolute Gasteiger partial charge is 0.438 e. The van der Waals surface area contributed by atoms with E-state index < -0.39 is 34.4 Å². The van der Waals surface area contributed by atoms with E-state index in [0.29, 0.717) is 11.3 Å². The van der Waals surface area contributed by atoms with E-state index in [2.05, 4.69) is 4.98 Å². The molecule has 3 heterocycles. The highest BCUT2D eigenvalue weighted by Gasteiger charge is 2.74. The van der Waals surface area contributed by atoms with E-state index in [1.807, 2.05) is 0 Å². The van der Waals surface area contributed by atoms with Gasteiger partial charge in [0.25, 0.3) is 4.93 Å². The summed E-state index contributed by atoms with van der Waals surface area (Å²) in [6.45, 7) is 4.81. The van der Waals surface area contributed by atoms with Gasteiger partial charge in [-0.1, -0.05) is 11.8 Å². The molecule has 0 unspecified atom stereocenters. The molecule has 1 saturated heterocycles. The Morgan fingerprint density at radius 1 is 1.54 bits per heavy atom. The molecular formula is C15H16F3NO4S. The lowest BCUT2D eigenvalue weighted by Crippen LogP contribution is -2.51. The number of aromatic nitrogens is 1. The Morgan fingerprint density at radius 3 is 2.79 bits per heavy atom.